The summed E-state index contributed by atoms with van der Waals surface area (Å²) in [6, 6.07) is -4.38. The van der Waals surface area contributed by atoms with Crippen molar-refractivity contribution < 1.29 is 28.8 Å². The van der Waals surface area contributed by atoms with Crippen molar-refractivity contribution in [2.24, 2.45) is 23.0 Å². The predicted molar refractivity (Wildman–Crippen MR) is 172 cm³/mol. The number of rotatable bonds is 15. The van der Waals surface area contributed by atoms with E-state index in [2.05, 4.69) is 16.0 Å². The normalized spacial score (nSPS) is 17.4. The summed E-state index contributed by atoms with van der Waals surface area (Å²) < 4.78 is 0. The van der Waals surface area contributed by atoms with Gasteiger partial charge >= 0.3 is 6.03 Å². The highest BCUT2D eigenvalue weighted by molar-refractivity contribution is 6.37. The molecule has 1 saturated heterocycles. The van der Waals surface area contributed by atoms with Gasteiger partial charge in [0.25, 0.3) is 5.91 Å². The number of hydrogen-bond acceptors (Lipinski definition) is 6. The van der Waals surface area contributed by atoms with Crippen LogP contribution in [-0.2, 0) is 24.0 Å². The van der Waals surface area contributed by atoms with Gasteiger partial charge in [0.2, 0.25) is 23.5 Å². The van der Waals surface area contributed by atoms with Crippen LogP contribution < -0.4 is 21.7 Å². The number of carbonyl (C=O) groups is 6. The molecule has 1 rings (SSSR count). The van der Waals surface area contributed by atoms with Crippen LogP contribution in [0.3, 0.4) is 0 Å². The third kappa shape index (κ3) is 12.1. The van der Waals surface area contributed by atoms with Crippen LogP contribution in [0.1, 0.15) is 108 Å². The van der Waals surface area contributed by atoms with Crippen LogP contribution in [0.25, 0.3) is 0 Å². The van der Waals surface area contributed by atoms with Gasteiger partial charge in [0.15, 0.2) is 0 Å². The lowest BCUT2D eigenvalue weighted by atomic mass is 9.85. The first-order valence-electron chi connectivity index (χ1n) is 16.3. The fourth-order valence-electron chi connectivity index (χ4n) is 5.08. The molecule has 1 fully saturated rings. The van der Waals surface area contributed by atoms with Crippen LogP contribution in [0.5, 0.6) is 0 Å². The number of hydrogen-bond donors (Lipinski definition) is 4. The van der Waals surface area contributed by atoms with E-state index in [1.165, 1.54) is 4.90 Å². The van der Waals surface area contributed by atoms with Gasteiger partial charge in [-0.3, -0.25) is 24.0 Å². The second kappa shape index (κ2) is 19.3. The number of urea groups is 1. The maximum Gasteiger partial charge on any atom is 0.316 e. The topological polar surface area (TPSA) is 171 Å². The number of primary amides is 1. The Bertz CT molecular complexity index is 979. The van der Waals surface area contributed by atoms with E-state index in [0.29, 0.717) is 32.5 Å². The maximum absolute atomic E-state index is 13.9. The van der Waals surface area contributed by atoms with Crippen molar-refractivity contribution in [3.05, 3.63) is 0 Å². The van der Waals surface area contributed by atoms with Gasteiger partial charge in [-0.1, -0.05) is 75.7 Å². The predicted octanol–water partition coefficient (Wildman–Crippen LogP) is 2.98. The van der Waals surface area contributed by atoms with E-state index in [4.69, 9.17) is 5.73 Å². The molecule has 0 bridgehead atoms. The molecule has 0 aliphatic carbocycles. The Morgan fingerprint density at radius 2 is 1.55 bits per heavy atom. The standard InChI is InChI=1S/C30H54N6O6.C2H6/c1-10-15-35(12-3)27(40)22(18(4)5)33-29(42)34-24(30(7,8)9)28(41)36-16-13-14-21(36)26(39)32-20(17-19(6)11-2)23(37)25(31)38;1-2/h18-22,24H,10-17H2,1-9H3,(H2,31,38)(H,32,39)(H2,33,34,42);1-2H3. The van der Waals surface area contributed by atoms with Gasteiger partial charge in [0.1, 0.15) is 18.1 Å². The fraction of sp³-hybridized carbons (Fsp3) is 0.812. The molecular formula is C32H60N6O6. The minimum Gasteiger partial charge on any atom is -0.363 e. The van der Waals surface area contributed by atoms with E-state index in [0.717, 1.165) is 12.8 Å². The molecule has 0 saturated carbocycles. The summed E-state index contributed by atoms with van der Waals surface area (Å²) in [7, 11) is 0. The first-order chi connectivity index (χ1) is 20.5. The van der Waals surface area contributed by atoms with Crippen LogP contribution >= 0.6 is 0 Å². The first-order valence-corrected chi connectivity index (χ1v) is 16.3. The Hall–Kier alpha value is -3.18. The average Bonchev–Trinajstić information content (AvgIpc) is 3.46. The lowest BCUT2D eigenvalue weighted by Gasteiger charge is -2.36. The summed E-state index contributed by atoms with van der Waals surface area (Å²) in [5.74, 6) is -3.29. The van der Waals surface area contributed by atoms with E-state index in [-0.39, 0.29) is 24.2 Å². The zero-order valence-corrected chi connectivity index (χ0v) is 29.0. The summed E-state index contributed by atoms with van der Waals surface area (Å²) in [6.45, 7) is 22.2. The van der Waals surface area contributed by atoms with Crippen molar-refractivity contribution in [3.8, 4) is 0 Å². The first kappa shape index (κ1) is 40.8. The zero-order valence-electron chi connectivity index (χ0n) is 29.0. The highest BCUT2D eigenvalue weighted by Gasteiger charge is 2.43. The number of carbonyl (C=O) groups excluding carboxylic acids is 6. The molecule has 0 aromatic rings. The van der Waals surface area contributed by atoms with E-state index >= 15 is 0 Å². The maximum atomic E-state index is 13.9. The molecule has 5 atom stereocenters. The quantitative estimate of drug-likeness (QED) is 0.204. The largest absolute Gasteiger partial charge is 0.363 e. The molecule has 254 valence electrons. The second-order valence-electron chi connectivity index (χ2n) is 12.8. The molecule has 0 spiro atoms. The number of nitrogens with two attached hydrogens (primary N) is 1. The molecule has 1 aliphatic rings. The van der Waals surface area contributed by atoms with Gasteiger partial charge in [-0.25, -0.2) is 4.79 Å². The van der Waals surface area contributed by atoms with Gasteiger partial charge in [-0.15, -0.1) is 0 Å². The molecule has 1 aliphatic heterocycles. The molecule has 12 nitrogen and oxygen atoms in total. The van der Waals surface area contributed by atoms with E-state index in [1.54, 1.807) is 25.7 Å². The van der Waals surface area contributed by atoms with Crippen molar-refractivity contribution in [1.29, 1.82) is 0 Å². The molecule has 0 aromatic heterocycles. The van der Waals surface area contributed by atoms with Crippen LogP contribution in [-0.4, -0.2) is 89.0 Å². The van der Waals surface area contributed by atoms with Crippen LogP contribution in [0.2, 0.25) is 0 Å². The number of likely N-dealkylation sites (N-methyl/N-ethyl adjacent to an activating group) is 1. The molecule has 5 N–H and O–H groups in total. The van der Waals surface area contributed by atoms with Crippen LogP contribution in [0.4, 0.5) is 4.79 Å². The number of amides is 6. The monoisotopic (exact) mass is 624 g/mol. The lowest BCUT2D eigenvalue weighted by molar-refractivity contribution is -0.143. The molecule has 0 aromatic carbocycles. The van der Waals surface area contributed by atoms with Gasteiger partial charge in [0.05, 0.1) is 6.04 Å². The van der Waals surface area contributed by atoms with Gasteiger partial charge in [-0.2, -0.15) is 0 Å². The number of nitrogens with one attached hydrogen (secondary N) is 3. The Morgan fingerprint density at radius 3 is 2.00 bits per heavy atom. The highest BCUT2D eigenvalue weighted by atomic mass is 16.2. The number of Topliss-reactive ketones (excluding diaryl/α,β-unsaturated/α-hetero) is 1. The fourth-order valence-corrected chi connectivity index (χ4v) is 5.08. The minimum absolute atomic E-state index is 0.0563. The summed E-state index contributed by atoms with van der Waals surface area (Å²) in [4.78, 5) is 80.8. The second-order valence-corrected chi connectivity index (χ2v) is 12.8. The molecule has 44 heavy (non-hydrogen) atoms. The van der Waals surface area contributed by atoms with E-state index in [9.17, 15) is 28.8 Å². The van der Waals surface area contributed by atoms with Crippen LogP contribution in [0, 0.1) is 17.3 Å². The Labute approximate surface area is 265 Å². The summed E-state index contributed by atoms with van der Waals surface area (Å²) in [6.07, 6.45) is 2.71. The number of ketones is 1. The van der Waals surface area contributed by atoms with Crippen molar-refractivity contribution in [2.75, 3.05) is 19.6 Å². The molecule has 1 heterocycles. The lowest BCUT2D eigenvalue weighted by Crippen LogP contribution is -2.61. The van der Waals surface area contributed by atoms with Gasteiger partial charge in [0, 0.05) is 19.6 Å². The van der Waals surface area contributed by atoms with Gasteiger partial charge in [-0.05, 0) is 49.9 Å². The molecular weight excluding hydrogens is 564 g/mol. The number of nitrogens with zero attached hydrogens (tertiary/aromatic N) is 2. The molecule has 5 unspecified atom stereocenters. The Balaban J connectivity index is 0.00000904. The molecule has 6 amide bonds. The van der Waals surface area contributed by atoms with Crippen molar-refractivity contribution >= 4 is 35.4 Å². The van der Waals surface area contributed by atoms with Crippen LogP contribution in [0.15, 0.2) is 0 Å². The Kier molecular flexibility index (Phi) is 17.9. The SMILES string of the molecule is CC.CCCN(CC)C(=O)C(NC(=O)NC(C(=O)N1CCCC1C(=O)NC(CC(C)CC)C(=O)C(N)=O)C(C)(C)C)C(C)C. The van der Waals surface area contributed by atoms with Crippen molar-refractivity contribution in [2.45, 2.75) is 132 Å². The van der Waals surface area contributed by atoms with E-state index in [1.807, 2.05) is 55.4 Å². The summed E-state index contributed by atoms with van der Waals surface area (Å²) >= 11 is 0. The third-order valence-corrected chi connectivity index (χ3v) is 7.84. The minimum atomic E-state index is -1.12. The highest BCUT2D eigenvalue weighted by Crippen LogP contribution is 2.26. The summed E-state index contributed by atoms with van der Waals surface area (Å²) in [5, 5.41) is 8.20. The van der Waals surface area contributed by atoms with Gasteiger partial charge < -0.3 is 31.5 Å². The zero-order chi connectivity index (χ0) is 34.4. The summed E-state index contributed by atoms with van der Waals surface area (Å²) in [5.41, 5.74) is 4.50. The van der Waals surface area contributed by atoms with Crippen molar-refractivity contribution in [1.82, 2.24) is 25.8 Å². The van der Waals surface area contributed by atoms with Crippen molar-refractivity contribution in [3.63, 3.8) is 0 Å². The third-order valence-electron chi connectivity index (χ3n) is 7.84. The molecule has 0 radical (unpaired) electrons. The van der Waals surface area contributed by atoms with E-state index < -0.39 is 59.1 Å². The number of likely N-dealkylation sites (tertiary alicyclic amines) is 1. The smallest absolute Gasteiger partial charge is 0.316 e. The Morgan fingerprint density at radius 1 is 0.955 bits per heavy atom. The average molecular weight is 625 g/mol. The molecule has 12 heteroatoms.